The summed E-state index contributed by atoms with van der Waals surface area (Å²) in [5, 5.41) is 5.49. The van der Waals surface area contributed by atoms with Gasteiger partial charge in [0.2, 0.25) is 0 Å². The number of allylic oxidation sites excluding steroid dienone is 4. The summed E-state index contributed by atoms with van der Waals surface area (Å²) in [7, 11) is 0. The maximum absolute atomic E-state index is 4.93. The zero-order chi connectivity index (χ0) is 32.0. The SMILES string of the molecule is CC(C)(C)c1ccc2[cH-]c3ccc(C(C)(C)C)cc3c2c1.[C-]1=C(c2ccoc2)C=CC1.[Cl-].[Cl-].[Zr+2]=[C](c1ccccc1)c1ccccc1. The molecular formula is C43H42Cl2OZr-2. The van der Waals surface area contributed by atoms with Crippen molar-refractivity contribution >= 4 is 30.3 Å². The zero-order valence-electron chi connectivity index (χ0n) is 28.1. The summed E-state index contributed by atoms with van der Waals surface area (Å²) < 4.78 is 6.35. The van der Waals surface area contributed by atoms with Crippen LogP contribution in [0, 0.1) is 6.08 Å². The van der Waals surface area contributed by atoms with Gasteiger partial charge in [-0.1, -0.05) is 95.0 Å². The van der Waals surface area contributed by atoms with Gasteiger partial charge in [0.25, 0.3) is 0 Å². The molecule has 0 saturated carbocycles. The van der Waals surface area contributed by atoms with Crippen molar-refractivity contribution in [3.05, 3.63) is 168 Å². The first-order valence-electron chi connectivity index (χ1n) is 15.6. The second-order valence-corrected chi connectivity index (χ2v) is 14.8. The predicted octanol–water partition coefficient (Wildman–Crippen LogP) is 5.54. The molecule has 7 rings (SSSR count). The number of halogens is 2. The summed E-state index contributed by atoms with van der Waals surface area (Å²) in [5.41, 5.74) is 8.13. The third kappa shape index (κ3) is 9.93. The molecule has 4 heteroatoms. The van der Waals surface area contributed by atoms with Crippen molar-refractivity contribution < 1.29 is 53.5 Å². The molecule has 0 radical (unpaired) electrons. The van der Waals surface area contributed by atoms with Gasteiger partial charge in [0.1, 0.15) is 0 Å². The summed E-state index contributed by atoms with van der Waals surface area (Å²) in [6.45, 7) is 13.7. The fourth-order valence-corrected chi connectivity index (χ4v) is 6.15. The fraction of sp³-hybridized carbons (Fsp3) is 0.209. The van der Waals surface area contributed by atoms with Crippen LogP contribution in [0.15, 0.2) is 138 Å². The Morgan fingerprint density at radius 1 is 0.681 bits per heavy atom. The van der Waals surface area contributed by atoms with Crippen molar-refractivity contribution in [3.63, 3.8) is 0 Å². The number of hydrogen-bond acceptors (Lipinski definition) is 1. The van der Waals surface area contributed by atoms with E-state index in [4.69, 9.17) is 4.42 Å². The van der Waals surface area contributed by atoms with Crippen molar-refractivity contribution in [3.8, 4) is 0 Å². The van der Waals surface area contributed by atoms with Crippen molar-refractivity contribution in [2.75, 3.05) is 0 Å². The standard InChI is InChI=1S/C21H25.C13H10.C9H7O.2ClH.Zr/c1-20(2,3)16-9-7-14-11-15-8-10-17(21(4,5)6)13-19(15)18(14)12-16;1-3-7-12(8-4-1)11-13-9-5-2-6-10-13;1-2-4-8(3-1)9-5-6-10-7-9;;;/h7-13H,1-6H3;1-10H;1,3,5-7H,2H2;2*1H;/q-1;;-1;;;+2/p-2. The summed E-state index contributed by atoms with van der Waals surface area (Å²) in [5.74, 6) is 0. The summed E-state index contributed by atoms with van der Waals surface area (Å²) in [6, 6.07) is 39.2. The number of fused-ring (bicyclic) bond motifs is 3. The quantitative estimate of drug-likeness (QED) is 0.218. The monoisotopic (exact) mass is 734 g/mol. The summed E-state index contributed by atoms with van der Waals surface area (Å²) >= 11 is 1.46. The van der Waals surface area contributed by atoms with E-state index >= 15 is 0 Å². The van der Waals surface area contributed by atoms with Crippen LogP contribution < -0.4 is 24.8 Å². The Labute approximate surface area is 308 Å². The van der Waals surface area contributed by atoms with Gasteiger partial charge in [0.15, 0.2) is 0 Å². The van der Waals surface area contributed by atoms with E-state index in [-0.39, 0.29) is 35.6 Å². The van der Waals surface area contributed by atoms with E-state index in [2.05, 4.69) is 163 Å². The predicted molar refractivity (Wildman–Crippen MR) is 190 cm³/mol. The first-order chi connectivity index (χ1) is 21.5. The molecule has 0 atom stereocenters. The Morgan fingerprint density at radius 2 is 1.17 bits per heavy atom. The van der Waals surface area contributed by atoms with E-state index in [9.17, 15) is 0 Å². The number of rotatable bonds is 3. The molecule has 0 aliphatic heterocycles. The van der Waals surface area contributed by atoms with Gasteiger partial charge in [0, 0.05) is 6.26 Å². The van der Waals surface area contributed by atoms with Crippen LogP contribution in [0.3, 0.4) is 0 Å². The third-order valence-corrected chi connectivity index (χ3v) is 9.51. The molecule has 0 bridgehead atoms. The molecule has 5 aromatic carbocycles. The van der Waals surface area contributed by atoms with E-state index < -0.39 is 0 Å². The molecule has 0 unspecified atom stereocenters. The van der Waals surface area contributed by atoms with Crippen molar-refractivity contribution in [1.29, 1.82) is 0 Å². The van der Waals surface area contributed by atoms with Crippen molar-refractivity contribution in [2.45, 2.75) is 58.8 Å². The minimum absolute atomic E-state index is 0. The molecule has 1 nitrogen and oxygen atoms in total. The first-order valence-corrected chi connectivity index (χ1v) is 16.9. The molecule has 1 heterocycles. The Bertz CT molecular complexity index is 1820. The summed E-state index contributed by atoms with van der Waals surface area (Å²) in [4.78, 5) is 0. The Hall–Kier alpha value is -3.16. The number of hydrogen-bond donors (Lipinski definition) is 0. The third-order valence-electron chi connectivity index (χ3n) is 8.09. The number of furan rings is 1. The Balaban J connectivity index is 0.000000200. The fourth-order valence-electron chi connectivity index (χ4n) is 5.33. The van der Waals surface area contributed by atoms with Crippen LogP contribution in [-0.2, 0) is 35.1 Å². The van der Waals surface area contributed by atoms with E-state index in [0.29, 0.717) is 0 Å². The number of benzene rings is 4. The molecule has 0 amide bonds. The average Bonchev–Trinajstić information content (AvgIpc) is 3.82. The van der Waals surface area contributed by atoms with Crippen LogP contribution in [0.4, 0.5) is 0 Å². The van der Waals surface area contributed by atoms with Gasteiger partial charge in [-0.05, 0) is 10.8 Å². The van der Waals surface area contributed by atoms with Gasteiger partial charge in [-0.25, -0.2) is 0 Å². The second-order valence-electron chi connectivity index (χ2n) is 13.6. The second kappa shape index (κ2) is 16.8. The van der Waals surface area contributed by atoms with E-state index in [1.54, 1.807) is 12.5 Å². The Morgan fingerprint density at radius 3 is 1.55 bits per heavy atom. The molecule has 0 saturated heterocycles. The first kappa shape index (κ1) is 38.3. The van der Waals surface area contributed by atoms with E-state index in [1.807, 2.05) is 6.07 Å². The average molecular weight is 737 g/mol. The van der Waals surface area contributed by atoms with Crippen LogP contribution in [0.1, 0.15) is 75.8 Å². The molecule has 0 fully saturated rings. The van der Waals surface area contributed by atoms with Crippen LogP contribution in [0.25, 0.3) is 27.1 Å². The van der Waals surface area contributed by atoms with E-state index in [0.717, 1.165) is 17.6 Å². The zero-order valence-corrected chi connectivity index (χ0v) is 32.0. The van der Waals surface area contributed by atoms with Gasteiger partial charge in [-0.15, -0.1) is 45.8 Å². The molecule has 0 N–H and O–H groups in total. The van der Waals surface area contributed by atoms with Gasteiger partial charge < -0.3 is 29.2 Å². The van der Waals surface area contributed by atoms with Crippen LogP contribution >= 0.6 is 0 Å². The molecule has 240 valence electrons. The normalized spacial score (nSPS) is 12.2. The van der Waals surface area contributed by atoms with Gasteiger partial charge in [-0.3, -0.25) is 0 Å². The molecule has 1 aromatic heterocycles. The molecule has 1 aliphatic carbocycles. The van der Waals surface area contributed by atoms with Crippen molar-refractivity contribution in [2.24, 2.45) is 0 Å². The minimum atomic E-state index is 0. The van der Waals surface area contributed by atoms with Gasteiger partial charge in [0.05, 0.1) is 6.26 Å². The Kier molecular flexibility index (Phi) is 13.7. The van der Waals surface area contributed by atoms with Crippen molar-refractivity contribution in [1.82, 2.24) is 0 Å². The van der Waals surface area contributed by atoms with Crippen LogP contribution in [-0.4, -0.2) is 3.21 Å². The van der Waals surface area contributed by atoms with Crippen LogP contribution in [0.2, 0.25) is 0 Å². The maximum atomic E-state index is 4.93. The van der Waals surface area contributed by atoms with Crippen LogP contribution in [0.5, 0.6) is 0 Å². The van der Waals surface area contributed by atoms with E-state index in [1.165, 1.54) is 71.2 Å². The summed E-state index contributed by atoms with van der Waals surface area (Å²) in [6.07, 6.45) is 11.7. The molecule has 1 aliphatic rings. The molecule has 6 aromatic rings. The molecule has 47 heavy (non-hydrogen) atoms. The van der Waals surface area contributed by atoms with Gasteiger partial charge in [-0.2, -0.15) is 17.7 Å². The molecular weight excluding hydrogens is 695 g/mol. The van der Waals surface area contributed by atoms with Gasteiger partial charge >= 0.3 is 99.2 Å². The topological polar surface area (TPSA) is 13.1 Å². The molecule has 0 spiro atoms.